The lowest BCUT2D eigenvalue weighted by Gasteiger charge is -1.99. The van der Waals surface area contributed by atoms with Crippen LogP contribution < -0.4 is 0 Å². The zero-order valence-corrected chi connectivity index (χ0v) is 16.9. The minimum atomic E-state index is 1.32. The second kappa shape index (κ2) is 20.5. The molecule has 0 heterocycles. The SMILES string of the molecule is CCCCCCCCCCCC.Cc1ccccc1.c1ccccc1. The predicted molar refractivity (Wildman–Crippen MR) is 115 cm³/mol. The van der Waals surface area contributed by atoms with E-state index in [2.05, 4.69) is 32.9 Å². The lowest BCUT2D eigenvalue weighted by Crippen LogP contribution is -1.80. The van der Waals surface area contributed by atoms with Gasteiger partial charge in [-0.3, -0.25) is 0 Å². The van der Waals surface area contributed by atoms with Gasteiger partial charge < -0.3 is 0 Å². The molecule has 0 bridgehead atoms. The molecule has 2 rings (SSSR count). The molecule has 0 aliphatic carbocycles. The maximum atomic E-state index is 2.28. The van der Waals surface area contributed by atoms with Crippen molar-refractivity contribution >= 4 is 0 Å². The highest BCUT2D eigenvalue weighted by Crippen LogP contribution is 2.09. The molecule has 140 valence electrons. The number of hydrogen-bond donors (Lipinski definition) is 0. The van der Waals surface area contributed by atoms with Gasteiger partial charge in [0.15, 0.2) is 0 Å². The van der Waals surface area contributed by atoms with Crippen LogP contribution in [-0.2, 0) is 0 Å². The van der Waals surface area contributed by atoms with Gasteiger partial charge in [0, 0.05) is 0 Å². The van der Waals surface area contributed by atoms with E-state index in [4.69, 9.17) is 0 Å². The molecule has 0 fully saturated rings. The van der Waals surface area contributed by atoms with Crippen molar-refractivity contribution in [3.8, 4) is 0 Å². The van der Waals surface area contributed by atoms with Crippen LogP contribution in [0.3, 0.4) is 0 Å². The van der Waals surface area contributed by atoms with E-state index in [1.165, 1.54) is 69.8 Å². The minimum absolute atomic E-state index is 1.32. The first-order valence-electron chi connectivity index (χ1n) is 10.3. The molecule has 0 aromatic heterocycles. The molecule has 0 aliphatic rings. The topological polar surface area (TPSA) is 0 Å². The number of rotatable bonds is 9. The summed E-state index contributed by atoms with van der Waals surface area (Å²) in [7, 11) is 0. The third kappa shape index (κ3) is 20.4. The predicted octanol–water partition coefficient (Wildman–Crippen LogP) is 8.61. The Hall–Kier alpha value is -1.56. The summed E-state index contributed by atoms with van der Waals surface area (Å²) in [5, 5.41) is 0. The van der Waals surface area contributed by atoms with Gasteiger partial charge in [-0.15, -0.1) is 0 Å². The Labute approximate surface area is 157 Å². The van der Waals surface area contributed by atoms with E-state index < -0.39 is 0 Å². The van der Waals surface area contributed by atoms with Crippen LogP contribution in [0.4, 0.5) is 0 Å². The standard InChI is InChI=1S/C12H26.C7H8.C6H6/c1-3-5-7-9-11-12-10-8-6-4-2;1-7-5-3-2-4-6-7;1-2-4-6-5-3-1/h3-12H2,1-2H3;2-6H,1H3;1-6H. The molecule has 0 atom stereocenters. The van der Waals surface area contributed by atoms with E-state index in [0.29, 0.717) is 0 Å². The molecule has 2 aromatic rings. The van der Waals surface area contributed by atoms with Crippen LogP contribution >= 0.6 is 0 Å². The molecule has 2 aromatic carbocycles. The van der Waals surface area contributed by atoms with Crippen LogP contribution in [-0.4, -0.2) is 0 Å². The molecule has 0 N–H and O–H groups in total. The van der Waals surface area contributed by atoms with Gasteiger partial charge in [-0.05, 0) is 6.92 Å². The third-order valence-electron chi connectivity index (χ3n) is 4.06. The van der Waals surface area contributed by atoms with Crippen LogP contribution in [0.15, 0.2) is 66.7 Å². The number of unbranched alkanes of at least 4 members (excludes halogenated alkanes) is 9. The zero-order valence-electron chi connectivity index (χ0n) is 16.9. The summed E-state index contributed by atoms with van der Waals surface area (Å²) in [5.74, 6) is 0. The smallest absolute Gasteiger partial charge is 0.0398 e. The molecule has 0 saturated carbocycles. The van der Waals surface area contributed by atoms with Crippen molar-refractivity contribution in [2.24, 2.45) is 0 Å². The van der Waals surface area contributed by atoms with Gasteiger partial charge in [-0.25, -0.2) is 0 Å². The van der Waals surface area contributed by atoms with Gasteiger partial charge in [0.25, 0.3) is 0 Å². The maximum Gasteiger partial charge on any atom is -0.0398 e. The zero-order chi connectivity index (χ0) is 18.4. The van der Waals surface area contributed by atoms with Crippen LogP contribution in [0.5, 0.6) is 0 Å². The van der Waals surface area contributed by atoms with Crippen LogP contribution in [0.1, 0.15) is 83.6 Å². The van der Waals surface area contributed by atoms with Gasteiger partial charge >= 0.3 is 0 Å². The summed E-state index contributed by atoms with van der Waals surface area (Å²) in [6.07, 6.45) is 14.4. The molecular formula is C25H40. The first-order valence-corrected chi connectivity index (χ1v) is 10.3. The Kier molecular flexibility index (Phi) is 19.2. The summed E-state index contributed by atoms with van der Waals surface area (Å²) in [4.78, 5) is 0. The summed E-state index contributed by atoms with van der Waals surface area (Å²) < 4.78 is 0. The number of benzene rings is 2. The average Bonchev–Trinajstić information content (AvgIpc) is 2.67. The van der Waals surface area contributed by atoms with Crippen LogP contribution in [0.25, 0.3) is 0 Å². The molecule has 0 unspecified atom stereocenters. The summed E-state index contributed by atoms with van der Waals surface area (Å²) >= 11 is 0. The van der Waals surface area contributed by atoms with E-state index in [9.17, 15) is 0 Å². The normalized spacial score (nSPS) is 9.40. The lowest BCUT2D eigenvalue weighted by molar-refractivity contribution is 0.562. The summed E-state index contributed by atoms with van der Waals surface area (Å²) in [5.41, 5.74) is 1.32. The average molecular weight is 341 g/mol. The molecular weight excluding hydrogens is 300 g/mol. The molecule has 0 nitrogen and oxygen atoms in total. The molecule has 0 spiro atoms. The van der Waals surface area contributed by atoms with Crippen molar-refractivity contribution in [2.75, 3.05) is 0 Å². The summed E-state index contributed by atoms with van der Waals surface area (Å²) in [6.45, 7) is 6.64. The summed E-state index contributed by atoms with van der Waals surface area (Å²) in [6, 6.07) is 22.3. The molecule has 0 radical (unpaired) electrons. The first-order chi connectivity index (χ1) is 12.3. The molecule has 0 aliphatic heterocycles. The van der Waals surface area contributed by atoms with Crippen LogP contribution in [0, 0.1) is 6.92 Å². The maximum absolute atomic E-state index is 2.28. The fourth-order valence-electron chi connectivity index (χ4n) is 2.48. The lowest BCUT2D eigenvalue weighted by atomic mass is 10.1. The highest BCUT2D eigenvalue weighted by Gasteiger charge is 1.90. The Morgan fingerprint density at radius 1 is 0.440 bits per heavy atom. The largest absolute Gasteiger partial charge is 0.0654 e. The van der Waals surface area contributed by atoms with E-state index in [1.807, 2.05) is 54.6 Å². The van der Waals surface area contributed by atoms with Gasteiger partial charge in [-0.2, -0.15) is 0 Å². The first kappa shape index (κ1) is 23.4. The fourth-order valence-corrected chi connectivity index (χ4v) is 2.48. The van der Waals surface area contributed by atoms with E-state index in [-0.39, 0.29) is 0 Å². The Morgan fingerprint density at radius 2 is 0.720 bits per heavy atom. The van der Waals surface area contributed by atoms with E-state index >= 15 is 0 Å². The van der Waals surface area contributed by atoms with Gasteiger partial charge in [0.1, 0.15) is 0 Å². The minimum Gasteiger partial charge on any atom is -0.0654 e. The quantitative estimate of drug-likeness (QED) is 0.401. The van der Waals surface area contributed by atoms with Crippen molar-refractivity contribution in [1.29, 1.82) is 0 Å². The van der Waals surface area contributed by atoms with E-state index in [0.717, 1.165) is 0 Å². The van der Waals surface area contributed by atoms with Crippen LogP contribution in [0.2, 0.25) is 0 Å². The second-order valence-corrected chi connectivity index (χ2v) is 6.64. The van der Waals surface area contributed by atoms with Crippen molar-refractivity contribution in [1.82, 2.24) is 0 Å². The monoisotopic (exact) mass is 340 g/mol. The Morgan fingerprint density at radius 3 is 0.960 bits per heavy atom. The Bertz CT molecular complexity index is 395. The number of aryl methyl sites for hydroxylation is 1. The van der Waals surface area contributed by atoms with Crippen molar-refractivity contribution < 1.29 is 0 Å². The highest BCUT2D eigenvalue weighted by molar-refractivity contribution is 5.11. The van der Waals surface area contributed by atoms with Gasteiger partial charge in [-0.1, -0.05) is 150 Å². The second-order valence-electron chi connectivity index (χ2n) is 6.64. The van der Waals surface area contributed by atoms with Crippen molar-refractivity contribution in [3.05, 3.63) is 72.3 Å². The highest BCUT2D eigenvalue weighted by atomic mass is 14.0. The van der Waals surface area contributed by atoms with Crippen molar-refractivity contribution in [3.63, 3.8) is 0 Å². The van der Waals surface area contributed by atoms with Crippen molar-refractivity contribution in [2.45, 2.75) is 85.0 Å². The molecule has 0 heteroatoms. The third-order valence-corrected chi connectivity index (χ3v) is 4.06. The van der Waals surface area contributed by atoms with Gasteiger partial charge in [0.2, 0.25) is 0 Å². The fraction of sp³-hybridized carbons (Fsp3) is 0.520. The Balaban J connectivity index is 0.000000372. The molecule has 0 saturated heterocycles. The van der Waals surface area contributed by atoms with E-state index in [1.54, 1.807) is 0 Å². The molecule has 25 heavy (non-hydrogen) atoms. The molecule has 0 amide bonds. The number of hydrogen-bond acceptors (Lipinski definition) is 0. The van der Waals surface area contributed by atoms with Gasteiger partial charge in [0.05, 0.1) is 0 Å².